The Morgan fingerprint density at radius 3 is 2.58 bits per heavy atom. The van der Waals surface area contributed by atoms with Gasteiger partial charge in [0.05, 0.1) is 12.2 Å². The molecule has 0 saturated carbocycles. The molecule has 0 fully saturated rings. The molecule has 2 rings (SSSR count). The van der Waals surface area contributed by atoms with Crippen LogP contribution in [0.4, 0.5) is 0 Å². The Morgan fingerprint density at radius 1 is 1.26 bits per heavy atom. The largest absolute Gasteiger partial charge is 0.310 e. The number of halogens is 1. The molecule has 1 aromatic heterocycles. The van der Waals surface area contributed by atoms with Crippen molar-refractivity contribution < 1.29 is 0 Å². The molecule has 1 heterocycles. The van der Waals surface area contributed by atoms with E-state index in [1.54, 1.807) is 0 Å². The molecule has 3 nitrogen and oxygen atoms in total. The van der Waals surface area contributed by atoms with Crippen molar-refractivity contribution in [1.82, 2.24) is 15.1 Å². The highest BCUT2D eigenvalue weighted by Crippen LogP contribution is 2.12. The van der Waals surface area contributed by atoms with E-state index in [2.05, 4.69) is 77.6 Å². The van der Waals surface area contributed by atoms with Gasteiger partial charge in [-0.15, -0.1) is 0 Å². The number of hydrogen-bond donors (Lipinski definition) is 1. The summed E-state index contributed by atoms with van der Waals surface area (Å²) in [6.07, 6.45) is 2.13. The number of aromatic nitrogens is 2. The van der Waals surface area contributed by atoms with Crippen molar-refractivity contribution in [3.8, 4) is 0 Å². The molecule has 1 N–H and O–H groups in total. The minimum absolute atomic E-state index is 0.495. The Bertz CT molecular complexity index is 529. The van der Waals surface area contributed by atoms with E-state index in [0.717, 1.165) is 23.3 Å². The van der Waals surface area contributed by atoms with Gasteiger partial charge in [-0.2, -0.15) is 5.10 Å². The fourth-order valence-electron chi connectivity index (χ4n) is 1.90. The number of benzene rings is 1. The van der Waals surface area contributed by atoms with Gasteiger partial charge >= 0.3 is 0 Å². The molecule has 4 heteroatoms. The van der Waals surface area contributed by atoms with Crippen molar-refractivity contribution in [2.24, 2.45) is 0 Å². The summed E-state index contributed by atoms with van der Waals surface area (Å²) < 4.78 is 3.12. The van der Waals surface area contributed by atoms with Crippen molar-refractivity contribution in [2.75, 3.05) is 0 Å². The Morgan fingerprint density at radius 2 is 1.95 bits per heavy atom. The summed E-state index contributed by atoms with van der Waals surface area (Å²) in [7, 11) is 0. The molecular formula is C15H20BrN3. The number of aryl methyl sites for hydroxylation is 1. The molecule has 0 saturated heterocycles. The van der Waals surface area contributed by atoms with E-state index < -0.39 is 0 Å². The van der Waals surface area contributed by atoms with E-state index in [0.29, 0.717) is 6.04 Å². The molecule has 1 aromatic carbocycles. The van der Waals surface area contributed by atoms with Gasteiger partial charge in [0, 0.05) is 28.8 Å². The van der Waals surface area contributed by atoms with Gasteiger partial charge in [0.1, 0.15) is 0 Å². The Hall–Kier alpha value is -1.13. The summed E-state index contributed by atoms with van der Waals surface area (Å²) in [4.78, 5) is 0. The molecule has 2 aromatic rings. The zero-order chi connectivity index (χ0) is 13.8. The lowest BCUT2D eigenvalue weighted by molar-refractivity contribution is 0.587. The molecule has 102 valence electrons. The second-order valence-electron chi connectivity index (χ2n) is 5.10. The summed E-state index contributed by atoms with van der Waals surface area (Å²) in [5, 5.41) is 8.00. The normalized spacial score (nSPS) is 11.2. The van der Waals surface area contributed by atoms with Crippen molar-refractivity contribution in [1.29, 1.82) is 0 Å². The SMILES string of the molecule is Cc1nn(Cc2ccc(Br)cc2)cc1CNC(C)C. The van der Waals surface area contributed by atoms with E-state index >= 15 is 0 Å². The maximum atomic E-state index is 4.57. The average Bonchev–Trinajstić information content (AvgIpc) is 2.70. The van der Waals surface area contributed by atoms with E-state index in [1.165, 1.54) is 11.1 Å². The first-order valence-corrected chi connectivity index (χ1v) is 7.34. The van der Waals surface area contributed by atoms with Gasteiger partial charge in [-0.1, -0.05) is 41.9 Å². The number of hydrogen-bond acceptors (Lipinski definition) is 2. The first kappa shape index (κ1) is 14.3. The molecule has 0 bridgehead atoms. The Labute approximate surface area is 123 Å². The molecule has 0 aliphatic rings. The van der Waals surface area contributed by atoms with E-state index in [1.807, 2.05) is 4.68 Å². The smallest absolute Gasteiger partial charge is 0.0659 e. The van der Waals surface area contributed by atoms with E-state index in [-0.39, 0.29) is 0 Å². The van der Waals surface area contributed by atoms with Crippen LogP contribution in [0.15, 0.2) is 34.9 Å². The minimum Gasteiger partial charge on any atom is -0.310 e. The van der Waals surface area contributed by atoms with Gasteiger partial charge in [-0.25, -0.2) is 0 Å². The lowest BCUT2D eigenvalue weighted by Gasteiger charge is -2.06. The third-order valence-electron chi connectivity index (χ3n) is 3.01. The summed E-state index contributed by atoms with van der Waals surface area (Å²) in [5.74, 6) is 0. The van der Waals surface area contributed by atoms with Gasteiger partial charge < -0.3 is 5.32 Å². The van der Waals surface area contributed by atoms with Gasteiger partial charge in [-0.05, 0) is 24.6 Å². The predicted octanol–water partition coefficient (Wildman–Crippen LogP) is 3.50. The van der Waals surface area contributed by atoms with E-state index in [9.17, 15) is 0 Å². The second-order valence-corrected chi connectivity index (χ2v) is 6.02. The third kappa shape index (κ3) is 4.18. The summed E-state index contributed by atoms with van der Waals surface area (Å²) in [6, 6.07) is 8.86. The first-order valence-electron chi connectivity index (χ1n) is 6.55. The second kappa shape index (κ2) is 6.35. The standard InChI is InChI=1S/C15H20BrN3/c1-11(2)17-8-14-10-19(18-12(14)3)9-13-4-6-15(16)7-5-13/h4-7,10-11,17H,8-9H2,1-3H3. The Balaban J connectivity index is 2.05. The Kier molecular flexibility index (Phi) is 4.77. The van der Waals surface area contributed by atoms with Crippen LogP contribution < -0.4 is 5.32 Å². The van der Waals surface area contributed by atoms with Gasteiger partial charge in [0.25, 0.3) is 0 Å². The first-order chi connectivity index (χ1) is 9.04. The minimum atomic E-state index is 0.495. The van der Waals surface area contributed by atoms with Gasteiger partial charge in [0.2, 0.25) is 0 Å². The quantitative estimate of drug-likeness (QED) is 0.913. The molecule has 0 amide bonds. The number of nitrogens with zero attached hydrogens (tertiary/aromatic N) is 2. The highest BCUT2D eigenvalue weighted by Gasteiger charge is 2.05. The number of rotatable bonds is 5. The molecule has 0 aliphatic carbocycles. The van der Waals surface area contributed by atoms with Crippen LogP contribution in [0.5, 0.6) is 0 Å². The molecule has 0 radical (unpaired) electrons. The fraction of sp³-hybridized carbons (Fsp3) is 0.400. The predicted molar refractivity (Wildman–Crippen MR) is 82.2 cm³/mol. The van der Waals surface area contributed by atoms with Crippen molar-refractivity contribution in [3.05, 3.63) is 51.8 Å². The summed E-state index contributed by atoms with van der Waals surface area (Å²) in [6.45, 7) is 8.07. The molecule has 0 unspecified atom stereocenters. The summed E-state index contributed by atoms with van der Waals surface area (Å²) >= 11 is 3.45. The molecule has 0 spiro atoms. The average molecular weight is 322 g/mol. The maximum Gasteiger partial charge on any atom is 0.0659 e. The van der Waals surface area contributed by atoms with Crippen LogP contribution in [0.3, 0.4) is 0 Å². The van der Waals surface area contributed by atoms with Gasteiger partial charge in [-0.3, -0.25) is 4.68 Å². The number of nitrogens with one attached hydrogen (secondary N) is 1. The molecule has 0 atom stereocenters. The van der Waals surface area contributed by atoms with Crippen LogP contribution in [0.1, 0.15) is 30.7 Å². The van der Waals surface area contributed by atoms with Crippen LogP contribution in [0, 0.1) is 6.92 Å². The zero-order valence-electron chi connectivity index (χ0n) is 11.7. The van der Waals surface area contributed by atoms with Crippen LogP contribution in [-0.2, 0) is 13.1 Å². The highest BCUT2D eigenvalue weighted by molar-refractivity contribution is 9.10. The zero-order valence-corrected chi connectivity index (χ0v) is 13.2. The van der Waals surface area contributed by atoms with Crippen LogP contribution in [0.25, 0.3) is 0 Å². The van der Waals surface area contributed by atoms with Crippen molar-refractivity contribution in [3.63, 3.8) is 0 Å². The lowest BCUT2D eigenvalue weighted by atomic mass is 10.2. The molecule has 0 aliphatic heterocycles. The maximum absolute atomic E-state index is 4.57. The molecular weight excluding hydrogens is 302 g/mol. The lowest BCUT2D eigenvalue weighted by Crippen LogP contribution is -2.21. The van der Waals surface area contributed by atoms with Crippen LogP contribution >= 0.6 is 15.9 Å². The monoisotopic (exact) mass is 321 g/mol. The summed E-state index contributed by atoms with van der Waals surface area (Å²) in [5.41, 5.74) is 3.63. The van der Waals surface area contributed by atoms with E-state index in [4.69, 9.17) is 0 Å². The highest BCUT2D eigenvalue weighted by atomic mass is 79.9. The molecule has 19 heavy (non-hydrogen) atoms. The third-order valence-corrected chi connectivity index (χ3v) is 3.54. The fourth-order valence-corrected chi connectivity index (χ4v) is 2.17. The topological polar surface area (TPSA) is 29.9 Å². The van der Waals surface area contributed by atoms with Crippen LogP contribution in [-0.4, -0.2) is 15.8 Å². The van der Waals surface area contributed by atoms with Crippen molar-refractivity contribution in [2.45, 2.75) is 39.9 Å². The van der Waals surface area contributed by atoms with Gasteiger partial charge in [0.15, 0.2) is 0 Å². The van der Waals surface area contributed by atoms with Crippen LogP contribution in [0.2, 0.25) is 0 Å². The van der Waals surface area contributed by atoms with Crippen molar-refractivity contribution >= 4 is 15.9 Å².